The van der Waals surface area contributed by atoms with Gasteiger partial charge in [0.25, 0.3) is 5.91 Å². The average Bonchev–Trinajstić information content (AvgIpc) is 3.28. The Labute approximate surface area is 179 Å². The molecule has 2 atom stereocenters. The Balaban J connectivity index is 1.66. The standard InChI is InChI=1S/C23H22N4O2S/c1-26(2)19(20-10-7-13-30-20)15-24-14-18-16-8-3-4-9-17(16)22(28)27(23(18)29)21-11-5-6-12-25-21/h3-14,18-19H,15H2,1-2H3/p+1/t18?,19-/m1/s1. The Kier molecular flexibility index (Phi) is 5.83. The third kappa shape index (κ3) is 3.81. The molecule has 2 amide bonds. The molecular formula is C23H23N4O2S+. The summed E-state index contributed by atoms with van der Waals surface area (Å²) in [4.78, 5) is 38.9. The molecule has 0 saturated carbocycles. The Bertz CT molecular complexity index is 1060. The van der Waals surface area contributed by atoms with E-state index in [9.17, 15) is 9.59 Å². The first-order valence-corrected chi connectivity index (χ1v) is 10.7. The van der Waals surface area contributed by atoms with Crippen molar-refractivity contribution < 1.29 is 14.5 Å². The molecule has 1 aromatic carbocycles. The van der Waals surface area contributed by atoms with E-state index in [1.165, 1.54) is 9.78 Å². The maximum atomic E-state index is 13.3. The second-order valence-electron chi connectivity index (χ2n) is 7.39. The monoisotopic (exact) mass is 419 g/mol. The molecule has 0 aliphatic carbocycles. The third-order valence-corrected chi connectivity index (χ3v) is 6.21. The van der Waals surface area contributed by atoms with E-state index in [0.717, 1.165) is 4.90 Å². The van der Waals surface area contributed by atoms with Gasteiger partial charge in [-0.1, -0.05) is 30.3 Å². The molecule has 1 N–H and O–H groups in total. The average molecular weight is 420 g/mol. The van der Waals surface area contributed by atoms with Crippen molar-refractivity contribution in [2.75, 3.05) is 25.5 Å². The number of aliphatic imine (C=N–C) groups is 1. The predicted molar refractivity (Wildman–Crippen MR) is 118 cm³/mol. The highest BCUT2D eigenvalue weighted by atomic mass is 32.1. The van der Waals surface area contributed by atoms with E-state index in [1.54, 1.807) is 54.1 Å². The first-order valence-electron chi connectivity index (χ1n) is 9.79. The molecule has 0 radical (unpaired) electrons. The van der Waals surface area contributed by atoms with Crippen LogP contribution in [0, 0.1) is 0 Å². The largest absolute Gasteiger partial charge is 0.331 e. The van der Waals surface area contributed by atoms with Gasteiger partial charge in [-0.15, -0.1) is 11.3 Å². The zero-order chi connectivity index (χ0) is 21.1. The highest BCUT2D eigenvalue weighted by molar-refractivity contribution is 7.10. The Hall–Kier alpha value is -3.16. The van der Waals surface area contributed by atoms with Gasteiger partial charge in [0.15, 0.2) is 0 Å². The summed E-state index contributed by atoms with van der Waals surface area (Å²) in [6.45, 7) is 0.562. The van der Waals surface area contributed by atoms with Gasteiger partial charge in [0.05, 0.1) is 31.4 Å². The van der Waals surface area contributed by atoms with E-state index >= 15 is 0 Å². The van der Waals surface area contributed by atoms with Crippen LogP contribution < -0.4 is 9.80 Å². The van der Waals surface area contributed by atoms with Crippen LogP contribution in [-0.4, -0.2) is 43.7 Å². The van der Waals surface area contributed by atoms with Gasteiger partial charge in [-0.3, -0.25) is 14.6 Å². The molecule has 6 nitrogen and oxygen atoms in total. The summed E-state index contributed by atoms with van der Waals surface area (Å²) in [6, 6.07) is 16.8. The lowest BCUT2D eigenvalue weighted by molar-refractivity contribution is -0.890. The molecule has 1 aliphatic heterocycles. The molecule has 7 heteroatoms. The van der Waals surface area contributed by atoms with Crippen LogP contribution >= 0.6 is 11.3 Å². The van der Waals surface area contributed by atoms with Crippen LogP contribution in [0.2, 0.25) is 0 Å². The molecule has 2 aromatic heterocycles. The molecule has 152 valence electrons. The van der Waals surface area contributed by atoms with Crippen LogP contribution in [0.1, 0.15) is 32.8 Å². The number of amides is 2. The van der Waals surface area contributed by atoms with Crippen LogP contribution in [-0.2, 0) is 4.79 Å². The lowest BCUT2D eigenvalue weighted by atomic mass is 9.89. The zero-order valence-corrected chi connectivity index (χ0v) is 17.7. The van der Waals surface area contributed by atoms with Gasteiger partial charge in [0.2, 0.25) is 5.91 Å². The van der Waals surface area contributed by atoms with Crippen molar-refractivity contribution in [2.45, 2.75) is 12.0 Å². The van der Waals surface area contributed by atoms with E-state index in [0.29, 0.717) is 23.5 Å². The van der Waals surface area contributed by atoms with Gasteiger partial charge in [0.1, 0.15) is 11.9 Å². The van der Waals surface area contributed by atoms with Crippen LogP contribution in [0.5, 0.6) is 0 Å². The first-order chi connectivity index (χ1) is 14.6. The zero-order valence-electron chi connectivity index (χ0n) is 16.9. The number of rotatable bonds is 6. The van der Waals surface area contributed by atoms with Crippen LogP contribution in [0.3, 0.4) is 0 Å². The number of hydrogen-bond donors (Lipinski definition) is 1. The summed E-state index contributed by atoms with van der Waals surface area (Å²) < 4.78 is 0. The summed E-state index contributed by atoms with van der Waals surface area (Å²) in [5, 5.41) is 2.06. The van der Waals surface area contributed by atoms with Crippen LogP contribution in [0.4, 0.5) is 5.82 Å². The number of carbonyl (C=O) groups excluding carboxylic acids is 2. The second-order valence-corrected chi connectivity index (χ2v) is 8.37. The van der Waals surface area contributed by atoms with Gasteiger partial charge in [-0.05, 0) is 35.2 Å². The molecule has 30 heavy (non-hydrogen) atoms. The number of benzene rings is 1. The van der Waals surface area contributed by atoms with Crippen molar-refractivity contribution >= 4 is 35.2 Å². The molecule has 3 aromatic rings. The normalized spacial score (nSPS) is 17.6. The fourth-order valence-corrected chi connectivity index (χ4v) is 4.57. The number of pyridine rings is 1. The summed E-state index contributed by atoms with van der Waals surface area (Å²) in [5.74, 6) is -0.976. The van der Waals surface area contributed by atoms with Crippen molar-refractivity contribution in [1.29, 1.82) is 0 Å². The van der Waals surface area contributed by atoms with Gasteiger partial charge < -0.3 is 4.90 Å². The van der Waals surface area contributed by atoms with Crippen LogP contribution in [0.25, 0.3) is 0 Å². The summed E-state index contributed by atoms with van der Waals surface area (Å²) in [7, 11) is 4.20. The minimum absolute atomic E-state index is 0.212. The Morgan fingerprint density at radius 1 is 1.13 bits per heavy atom. The fourth-order valence-electron chi connectivity index (χ4n) is 3.62. The number of quaternary nitrogens is 1. The summed E-state index contributed by atoms with van der Waals surface area (Å²) >= 11 is 1.71. The van der Waals surface area contributed by atoms with E-state index in [1.807, 2.05) is 18.2 Å². The molecule has 4 rings (SSSR count). The molecule has 3 heterocycles. The van der Waals surface area contributed by atoms with Crippen molar-refractivity contribution in [3.63, 3.8) is 0 Å². The topological polar surface area (TPSA) is 67.1 Å². The number of hydrogen-bond acceptors (Lipinski definition) is 5. The number of aromatic nitrogens is 1. The van der Waals surface area contributed by atoms with Gasteiger partial charge in [0, 0.05) is 18.0 Å². The number of fused-ring (bicyclic) bond motifs is 1. The van der Waals surface area contributed by atoms with E-state index in [2.05, 4.69) is 35.5 Å². The maximum Gasteiger partial charge on any atom is 0.266 e. The smallest absolute Gasteiger partial charge is 0.266 e. The second kappa shape index (κ2) is 8.69. The Morgan fingerprint density at radius 2 is 1.93 bits per heavy atom. The maximum absolute atomic E-state index is 13.3. The van der Waals surface area contributed by atoms with Gasteiger partial charge in [-0.25, -0.2) is 9.88 Å². The lowest BCUT2D eigenvalue weighted by Crippen LogP contribution is -3.06. The van der Waals surface area contributed by atoms with Crippen LogP contribution in [0.15, 0.2) is 71.2 Å². The summed E-state index contributed by atoms with van der Waals surface area (Å²) in [5.41, 5.74) is 1.19. The molecule has 1 aliphatic rings. The predicted octanol–water partition coefficient (Wildman–Crippen LogP) is 2.37. The van der Waals surface area contributed by atoms with Crippen molar-refractivity contribution in [3.8, 4) is 0 Å². The van der Waals surface area contributed by atoms with Crippen molar-refractivity contribution in [2.24, 2.45) is 4.99 Å². The number of carbonyl (C=O) groups is 2. The molecule has 0 spiro atoms. The number of likely N-dealkylation sites (N-methyl/N-ethyl adjacent to an activating group) is 1. The number of thiophene rings is 1. The summed E-state index contributed by atoms with van der Waals surface area (Å²) in [6.07, 6.45) is 3.26. The molecule has 1 unspecified atom stereocenters. The number of nitrogens with one attached hydrogen (secondary N) is 1. The van der Waals surface area contributed by atoms with Crippen molar-refractivity contribution in [3.05, 3.63) is 82.2 Å². The highest BCUT2D eigenvalue weighted by Gasteiger charge is 2.39. The van der Waals surface area contributed by atoms with Gasteiger partial charge in [-0.2, -0.15) is 0 Å². The molecule has 0 fully saturated rings. The SMILES string of the molecule is C[NH+](C)[C@H](CN=CC1C(=O)N(c2ccccn2)C(=O)c2ccccc21)c1cccs1. The minimum Gasteiger partial charge on any atom is -0.331 e. The number of imide groups is 1. The van der Waals surface area contributed by atoms with Gasteiger partial charge >= 0.3 is 0 Å². The first kappa shape index (κ1) is 20.1. The van der Waals surface area contributed by atoms with Crippen molar-refractivity contribution in [1.82, 2.24) is 4.98 Å². The molecule has 0 saturated heterocycles. The van der Waals surface area contributed by atoms with E-state index < -0.39 is 5.92 Å². The lowest BCUT2D eigenvalue weighted by Gasteiger charge is -2.30. The molecular weight excluding hydrogens is 396 g/mol. The molecule has 0 bridgehead atoms. The van der Waals surface area contributed by atoms with E-state index in [4.69, 9.17) is 0 Å². The quantitative estimate of drug-likeness (QED) is 0.493. The third-order valence-electron chi connectivity index (χ3n) is 5.22. The number of nitrogens with zero attached hydrogens (tertiary/aromatic N) is 3. The highest BCUT2D eigenvalue weighted by Crippen LogP contribution is 2.31. The Morgan fingerprint density at radius 3 is 2.63 bits per heavy atom. The minimum atomic E-state index is -0.623. The number of anilines is 1. The van der Waals surface area contributed by atoms with E-state index in [-0.39, 0.29) is 17.9 Å². The fraction of sp³-hybridized carbons (Fsp3) is 0.217.